The van der Waals surface area contributed by atoms with E-state index in [2.05, 4.69) is 0 Å². The molecule has 168 valence electrons. The van der Waals surface area contributed by atoms with Gasteiger partial charge in [0, 0.05) is 32.7 Å². The van der Waals surface area contributed by atoms with Gasteiger partial charge in [-0.15, -0.1) is 0 Å². The summed E-state index contributed by atoms with van der Waals surface area (Å²) in [4.78, 5) is 15.4. The van der Waals surface area contributed by atoms with Crippen LogP contribution in [0.1, 0.15) is 19.8 Å². The molecule has 3 rings (SSSR count). The van der Waals surface area contributed by atoms with Crippen molar-refractivity contribution in [2.24, 2.45) is 0 Å². The van der Waals surface area contributed by atoms with E-state index in [0.717, 1.165) is 0 Å². The molecule has 2 fully saturated rings. The maximum atomic E-state index is 13.0. The van der Waals surface area contributed by atoms with Crippen LogP contribution in [0.15, 0.2) is 24.3 Å². The fourth-order valence-corrected chi connectivity index (χ4v) is 3.86. The van der Waals surface area contributed by atoms with Crippen LogP contribution in [0.5, 0.6) is 5.75 Å². The second-order valence-corrected chi connectivity index (χ2v) is 8.14. The predicted octanol–water partition coefficient (Wildman–Crippen LogP) is 1.25. The number of carbonyl (C=O) groups is 1. The normalized spacial score (nSPS) is 24.9. The van der Waals surface area contributed by atoms with Crippen LogP contribution in [-0.2, 0) is 9.47 Å². The number of nitrogens with zero attached hydrogens (tertiary/aromatic N) is 2. The molecular weight excluding hydrogens is 395 g/mol. The number of carbonyl (C=O) groups excluding carboxylic acids is 1. The number of β-amino-alcohol motifs (C(OH)–C–C–N with tert-alkyl or cyclic N) is 2. The molecule has 2 heterocycles. The molecule has 1 atom stereocenters. The zero-order chi connectivity index (χ0) is 21.6. The lowest BCUT2D eigenvalue weighted by Gasteiger charge is -2.41. The van der Waals surface area contributed by atoms with Crippen molar-refractivity contribution in [1.29, 1.82) is 0 Å². The number of halogens is 1. The first-order chi connectivity index (χ1) is 14.3. The van der Waals surface area contributed by atoms with Gasteiger partial charge in [-0.3, -0.25) is 4.90 Å². The summed E-state index contributed by atoms with van der Waals surface area (Å²) in [6, 6.07) is 5.61. The van der Waals surface area contributed by atoms with Crippen molar-refractivity contribution in [3.8, 4) is 5.75 Å². The minimum absolute atomic E-state index is 0.00973. The van der Waals surface area contributed by atoms with E-state index in [1.165, 1.54) is 24.3 Å². The molecule has 0 unspecified atom stereocenters. The Balaban J connectivity index is 1.54. The van der Waals surface area contributed by atoms with Crippen molar-refractivity contribution in [2.75, 3.05) is 59.2 Å². The highest BCUT2D eigenvalue weighted by Gasteiger charge is 2.39. The Morgan fingerprint density at radius 2 is 1.87 bits per heavy atom. The van der Waals surface area contributed by atoms with Gasteiger partial charge in [0.25, 0.3) is 0 Å². The minimum Gasteiger partial charge on any atom is -0.490 e. The molecule has 1 amide bonds. The molecule has 0 aliphatic carbocycles. The van der Waals surface area contributed by atoms with E-state index >= 15 is 0 Å². The SMILES string of the molecule is CCOC(=O)N1CCC(O)(CN2CCOC[C@](O)(COc3ccc(F)cc3)C2)CC1. The molecule has 1 aromatic carbocycles. The zero-order valence-corrected chi connectivity index (χ0v) is 17.4. The first-order valence-electron chi connectivity index (χ1n) is 10.4. The number of benzene rings is 1. The number of rotatable bonds is 6. The first kappa shape index (κ1) is 22.7. The number of piperidine rings is 1. The number of likely N-dealkylation sites (tertiary alicyclic amines) is 1. The van der Waals surface area contributed by atoms with Crippen LogP contribution in [0.2, 0.25) is 0 Å². The van der Waals surface area contributed by atoms with Gasteiger partial charge >= 0.3 is 6.09 Å². The van der Waals surface area contributed by atoms with Crippen LogP contribution in [0.3, 0.4) is 0 Å². The molecule has 0 radical (unpaired) electrons. The number of amides is 1. The van der Waals surface area contributed by atoms with Gasteiger partial charge in [-0.25, -0.2) is 9.18 Å². The molecule has 2 aliphatic heterocycles. The number of aliphatic hydroxyl groups is 2. The lowest BCUT2D eigenvalue weighted by atomic mass is 9.90. The standard InChI is InChI=1S/C21H31FN2O6/c1-2-29-19(25)24-9-7-20(26,8-10-24)13-23-11-12-28-15-21(27,14-23)16-30-18-5-3-17(22)4-6-18/h3-6,26-27H,2,7-16H2,1H3/t21-/m0/s1. The molecule has 0 bridgehead atoms. The third kappa shape index (κ3) is 6.28. The fraction of sp³-hybridized carbons (Fsp3) is 0.667. The molecule has 0 spiro atoms. The summed E-state index contributed by atoms with van der Waals surface area (Å²) in [6.45, 7) is 4.70. The van der Waals surface area contributed by atoms with Crippen LogP contribution >= 0.6 is 0 Å². The van der Waals surface area contributed by atoms with E-state index in [4.69, 9.17) is 14.2 Å². The maximum Gasteiger partial charge on any atom is 0.409 e. The third-order valence-corrected chi connectivity index (χ3v) is 5.50. The van der Waals surface area contributed by atoms with E-state index in [1.807, 2.05) is 4.90 Å². The molecular formula is C21H31FN2O6. The van der Waals surface area contributed by atoms with Crippen LogP contribution < -0.4 is 4.74 Å². The number of ether oxygens (including phenoxy) is 3. The first-order valence-corrected chi connectivity index (χ1v) is 10.4. The van der Waals surface area contributed by atoms with Crippen molar-refractivity contribution in [2.45, 2.75) is 31.0 Å². The Morgan fingerprint density at radius 3 is 2.53 bits per heavy atom. The Hall–Kier alpha value is -1.94. The summed E-state index contributed by atoms with van der Waals surface area (Å²) in [5.74, 6) is 0.109. The van der Waals surface area contributed by atoms with Crippen LogP contribution in [0, 0.1) is 5.82 Å². The van der Waals surface area contributed by atoms with Gasteiger partial charge in [0.05, 0.1) is 25.4 Å². The minimum atomic E-state index is -1.26. The van der Waals surface area contributed by atoms with Gasteiger partial charge in [-0.05, 0) is 44.0 Å². The van der Waals surface area contributed by atoms with E-state index in [9.17, 15) is 19.4 Å². The predicted molar refractivity (Wildman–Crippen MR) is 107 cm³/mol. The van der Waals surface area contributed by atoms with Crippen LogP contribution in [0.4, 0.5) is 9.18 Å². The lowest BCUT2D eigenvalue weighted by molar-refractivity contribution is -0.0790. The molecule has 2 N–H and O–H groups in total. The number of hydrogen-bond acceptors (Lipinski definition) is 7. The smallest absolute Gasteiger partial charge is 0.409 e. The van der Waals surface area contributed by atoms with E-state index in [-0.39, 0.29) is 31.7 Å². The molecule has 8 nitrogen and oxygen atoms in total. The molecule has 2 saturated heterocycles. The second kappa shape index (κ2) is 9.91. The molecule has 9 heteroatoms. The third-order valence-electron chi connectivity index (χ3n) is 5.50. The largest absolute Gasteiger partial charge is 0.490 e. The Morgan fingerprint density at radius 1 is 1.17 bits per heavy atom. The summed E-state index contributed by atoms with van der Waals surface area (Å²) < 4.78 is 29.3. The van der Waals surface area contributed by atoms with Gasteiger partial charge in [-0.1, -0.05) is 0 Å². The topological polar surface area (TPSA) is 91.7 Å². The van der Waals surface area contributed by atoms with Gasteiger partial charge in [0.1, 0.15) is 23.8 Å². The Kier molecular flexibility index (Phi) is 7.51. The molecule has 1 aromatic rings. The highest BCUT2D eigenvalue weighted by Crippen LogP contribution is 2.26. The summed E-state index contributed by atoms with van der Waals surface area (Å²) in [5.41, 5.74) is -2.21. The number of hydrogen-bond donors (Lipinski definition) is 2. The highest BCUT2D eigenvalue weighted by molar-refractivity contribution is 5.67. The van der Waals surface area contributed by atoms with Crippen LogP contribution in [0.25, 0.3) is 0 Å². The van der Waals surface area contributed by atoms with E-state index in [0.29, 0.717) is 58.0 Å². The Bertz CT molecular complexity index is 695. The van der Waals surface area contributed by atoms with Crippen molar-refractivity contribution >= 4 is 6.09 Å². The average molecular weight is 426 g/mol. The monoisotopic (exact) mass is 426 g/mol. The summed E-state index contributed by atoms with van der Waals surface area (Å²) in [5, 5.41) is 22.0. The zero-order valence-electron chi connectivity index (χ0n) is 17.4. The van der Waals surface area contributed by atoms with Crippen molar-refractivity contribution in [3.63, 3.8) is 0 Å². The summed E-state index contributed by atoms with van der Waals surface area (Å²) in [7, 11) is 0. The lowest BCUT2D eigenvalue weighted by Crippen LogP contribution is -2.55. The molecule has 0 aromatic heterocycles. The van der Waals surface area contributed by atoms with E-state index in [1.54, 1.807) is 11.8 Å². The highest BCUT2D eigenvalue weighted by atomic mass is 19.1. The molecule has 0 saturated carbocycles. The van der Waals surface area contributed by atoms with Gasteiger partial charge in [-0.2, -0.15) is 0 Å². The Labute approximate surface area is 176 Å². The quantitative estimate of drug-likeness (QED) is 0.707. The van der Waals surface area contributed by atoms with Gasteiger partial charge in [0.2, 0.25) is 0 Å². The van der Waals surface area contributed by atoms with Crippen molar-refractivity contribution in [3.05, 3.63) is 30.1 Å². The van der Waals surface area contributed by atoms with E-state index < -0.39 is 11.2 Å². The fourth-order valence-electron chi connectivity index (χ4n) is 3.86. The van der Waals surface area contributed by atoms with Gasteiger partial charge < -0.3 is 29.3 Å². The second-order valence-electron chi connectivity index (χ2n) is 8.14. The maximum absolute atomic E-state index is 13.0. The van der Waals surface area contributed by atoms with Gasteiger partial charge in [0.15, 0.2) is 0 Å². The van der Waals surface area contributed by atoms with Crippen molar-refractivity contribution in [1.82, 2.24) is 9.80 Å². The average Bonchev–Trinajstić information content (AvgIpc) is 2.89. The van der Waals surface area contributed by atoms with Crippen molar-refractivity contribution < 1.29 is 33.6 Å². The molecule has 2 aliphatic rings. The summed E-state index contributed by atoms with van der Waals surface area (Å²) in [6.07, 6.45) is 0.525. The van der Waals surface area contributed by atoms with Crippen LogP contribution in [-0.4, -0.2) is 96.5 Å². The molecule has 30 heavy (non-hydrogen) atoms. The summed E-state index contributed by atoms with van der Waals surface area (Å²) >= 11 is 0.